The van der Waals surface area contributed by atoms with Gasteiger partial charge in [-0.1, -0.05) is 38.0 Å². The number of likely N-dealkylation sites (tertiary alicyclic amines) is 1. The molecule has 1 aliphatic rings. The Bertz CT molecular complexity index is 729. The van der Waals surface area contributed by atoms with Gasteiger partial charge in [-0.25, -0.2) is 4.39 Å². The minimum absolute atomic E-state index is 0.103. The van der Waals surface area contributed by atoms with E-state index >= 15 is 0 Å². The number of piperidine rings is 1. The molecule has 4 nitrogen and oxygen atoms in total. The topological polar surface area (TPSA) is 36.4 Å². The molecule has 1 fully saturated rings. The van der Waals surface area contributed by atoms with Crippen LogP contribution in [-0.4, -0.2) is 40.3 Å². The van der Waals surface area contributed by atoms with Crippen LogP contribution in [0.4, 0.5) is 4.39 Å². The number of carbonyl (C=O) groups excluding carboxylic acids is 1. The summed E-state index contributed by atoms with van der Waals surface area (Å²) < 4.78 is 13.5. The Kier molecular flexibility index (Phi) is 7.54. The summed E-state index contributed by atoms with van der Waals surface area (Å²) in [6.45, 7) is 5.22. The maximum absolute atomic E-state index is 13.7. The quantitative estimate of drug-likeness (QED) is 0.670. The van der Waals surface area contributed by atoms with E-state index in [0.717, 1.165) is 56.4 Å². The predicted octanol–water partition coefficient (Wildman–Crippen LogP) is 4.58. The zero-order valence-electron chi connectivity index (χ0n) is 16.7. The Morgan fingerprint density at radius 3 is 2.57 bits per heavy atom. The number of pyridine rings is 1. The number of hydrogen-bond donors (Lipinski definition) is 0. The number of halogens is 1. The van der Waals surface area contributed by atoms with E-state index in [0.29, 0.717) is 6.54 Å². The van der Waals surface area contributed by atoms with Crippen molar-refractivity contribution in [3.63, 3.8) is 0 Å². The Morgan fingerprint density at radius 2 is 1.93 bits per heavy atom. The first-order chi connectivity index (χ1) is 13.7. The lowest BCUT2D eigenvalue weighted by Gasteiger charge is -2.37. The number of carbonyl (C=O) groups is 1. The number of amides is 1. The van der Waals surface area contributed by atoms with Crippen LogP contribution in [0.1, 0.15) is 56.2 Å². The second kappa shape index (κ2) is 10.3. The minimum atomic E-state index is -0.352. The number of nitrogens with zero attached hydrogens (tertiary/aromatic N) is 3. The van der Waals surface area contributed by atoms with Gasteiger partial charge in [0.15, 0.2) is 0 Å². The van der Waals surface area contributed by atoms with Crippen molar-refractivity contribution in [1.29, 1.82) is 0 Å². The average Bonchev–Trinajstić information content (AvgIpc) is 2.74. The third kappa shape index (κ3) is 5.38. The first kappa shape index (κ1) is 20.5. The molecule has 0 N–H and O–H groups in total. The highest BCUT2D eigenvalue weighted by Gasteiger charge is 2.32. The van der Waals surface area contributed by atoms with Crippen molar-refractivity contribution in [2.24, 2.45) is 0 Å². The first-order valence-corrected chi connectivity index (χ1v) is 10.4. The van der Waals surface area contributed by atoms with Crippen molar-refractivity contribution in [3.05, 3.63) is 65.7 Å². The van der Waals surface area contributed by atoms with E-state index in [9.17, 15) is 9.18 Å². The molecule has 0 bridgehead atoms. The van der Waals surface area contributed by atoms with Crippen molar-refractivity contribution < 1.29 is 9.18 Å². The summed E-state index contributed by atoms with van der Waals surface area (Å²) in [4.78, 5) is 22.1. The molecular formula is C23H30FN3O. The molecule has 1 unspecified atom stereocenters. The molecule has 1 saturated heterocycles. The van der Waals surface area contributed by atoms with Crippen LogP contribution < -0.4 is 0 Å². The van der Waals surface area contributed by atoms with Gasteiger partial charge in [-0.05, 0) is 61.7 Å². The Hall–Kier alpha value is -2.27. The number of unbranched alkanes of at least 4 members (excludes halogenated alkanes) is 1. The number of benzene rings is 1. The fraction of sp³-hybridized carbons (Fsp3) is 0.478. The molecular weight excluding hydrogens is 353 g/mol. The van der Waals surface area contributed by atoms with Crippen LogP contribution in [0.15, 0.2) is 48.8 Å². The van der Waals surface area contributed by atoms with Crippen LogP contribution in [0.3, 0.4) is 0 Å². The van der Waals surface area contributed by atoms with E-state index in [-0.39, 0.29) is 17.8 Å². The molecule has 0 radical (unpaired) electrons. The molecule has 5 heteroatoms. The molecule has 2 aromatic rings. The largest absolute Gasteiger partial charge is 0.337 e. The van der Waals surface area contributed by atoms with Gasteiger partial charge >= 0.3 is 0 Å². The summed E-state index contributed by atoms with van der Waals surface area (Å²) in [6.07, 6.45) is 8.96. The smallest absolute Gasteiger partial charge is 0.244 e. The first-order valence-electron chi connectivity index (χ1n) is 10.4. The van der Waals surface area contributed by atoms with Gasteiger partial charge < -0.3 is 4.90 Å². The molecule has 28 heavy (non-hydrogen) atoms. The molecule has 1 amide bonds. The van der Waals surface area contributed by atoms with Gasteiger partial charge in [-0.2, -0.15) is 0 Å². The van der Waals surface area contributed by atoms with Gasteiger partial charge in [-0.15, -0.1) is 0 Å². The molecule has 2 heterocycles. The summed E-state index contributed by atoms with van der Waals surface area (Å²) >= 11 is 0. The second-order valence-corrected chi connectivity index (χ2v) is 7.53. The number of hydrogen-bond acceptors (Lipinski definition) is 3. The molecule has 3 rings (SSSR count). The SMILES string of the molecule is CCCCN(Cc1cccnc1)C(=O)C(c1ccc(F)cc1)N1CCCCC1. The molecule has 1 aliphatic heterocycles. The highest BCUT2D eigenvalue weighted by molar-refractivity contribution is 5.83. The van der Waals surface area contributed by atoms with Crippen LogP contribution in [0, 0.1) is 5.82 Å². The summed E-state index contributed by atoms with van der Waals surface area (Å²) in [5, 5.41) is 0. The van der Waals surface area contributed by atoms with Crippen molar-refractivity contribution in [1.82, 2.24) is 14.8 Å². The van der Waals surface area contributed by atoms with E-state index in [1.54, 1.807) is 18.3 Å². The lowest BCUT2D eigenvalue weighted by Crippen LogP contribution is -2.45. The van der Waals surface area contributed by atoms with E-state index in [1.807, 2.05) is 23.2 Å². The monoisotopic (exact) mass is 383 g/mol. The second-order valence-electron chi connectivity index (χ2n) is 7.53. The van der Waals surface area contributed by atoms with Gasteiger partial charge in [0.25, 0.3) is 0 Å². The molecule has 1 aromatic carbocycles. The van der Waals surface area contributed by atoms with Crippen LogP contribution in [0.5, 0.6) is 0 Å². The van der Waals surface area contributed by atoms with Crippen LogP contribution >= 0.6 is 0 Å². The van der Waals surface area contributed by atoms with E-state index < -0.39 is 0 Å². The van der Waals surface area contributed by atoms with Crippen LogP contribution in [0.25, 0.3) is 0 Å². The summed E-state index contributed by atoms with van der Waals surface area (Å²) in [7, 11) is 0. The molecule has 0 aliphatic carbocycles. The lowest BCUT2D eigenvalue weighted by molar-refractivity contribution is -0.138. The maximum atomic E-state index is 13.7. The molecule has 1 atom stereocenters. The summed E-state index contributed by atoms with van der Waals surface area (Å²) in [5.41, 5.74) is 1.91. The van der Waals surface area contributed by atoms with E-state index in [1.165, 1.54) is 18.6 Å². The zero-order chi connectivity index (χ0) is 19.8. The fourth-order valence-electron chi connectivity index (χ4n) is 3.83. The lowest BCUT2D eigenvalue weighted by atomic mass is 9.99. The minimum Gasteiger partial charge on any atom is -0.337 e. The highest BCUT2D eigenvalue weighted by Crippen LogP contribution is 2.28. The van der Waals surface area contributed by atoms with Crippen molar-refractivity contribution in [2.45, 2.75) is 51.6 Å². The standard InChI is InChI=1S/C23H30FN3O/c1-2-3-14-27(18-19-8-7-13-25-17-19)23(28)22(26-15-5-4-6-16-26)20-9-11-21(24)12-10-20/h7-13,17,22H,2-6,14-16,18H2,1H3. The van der Waals surface area contributed by atoms with Gasteiger partial charge in [0.05, 0.1) is 0 Å². The molecule has 0 spiro atoms. The van der Waals surface area contributed by atoms with Gasteiger partial charge in [0.1, 0.15) is 11.9 Å². The molecule has 0 saturated carbocycles. The van der Waals surface area contributed by atoms with E-state index in [2.05, 4.69) is 16.8 Å². The summed E-state index contributed by atoms with van der Waals surface area (Å²) in [6, 6.07) is 9.99. The third-order valence-electron chi connectivity index (χ3n) is 5.36. The molecule has 1 aromatic heterocycles. The fourth-order valence-corrected chi connectivity index (χ4v) is 3.83. The van der Waals surface area contributed by atoms with Crippen molar-refractivity contribution in [2.75, 3.05) is 19.6 Å². The van der Waals surface area contributed by atoms with Gasteiger partial charge in [0.2, 0.25) is 5.91 Å². The maximum Gasteiger partial charge on any atom is 0.244 e. The van der Waals surface area contributed by atoms with E-state index in [4.69, 9.17) is 0 Å². The molecule has 150 valence electrons. The highest BCUT2D eigenvalue weighted by atomic mass is 19.1. The van der Waals surface area contributed by atoms with Crippen LogP contribution in [0.2, 0.25) is 0 Å². The number of rotatable bonds is 8. The zero-order valence-corrected chi connectivity index (χ0v) is 16.7. The van der Waals surface area contributed by atoms with Crippen molar-refractivity contribution >= 4 is 5.91 Å². The third-order valence-corrected chi connectivity index (χ3v) is 5.36. The average molecular weight is 384 g/mol. The van der Waals surface area contributed by atoms with Gasteiger partial charge in [0, 0.05) is 25.5 Å². The Balaban J connectivity index is 1.87. The van der Waals surface area contributed by atoms with Gasteiger partial charge in [-0.3, -0.25) is 14.7 Å². The Morgan fingerprint density at radius 1 is 1.18 bits per heavy atom. The number of aromatic nitrogens is 1. The predicted molar refractivity (Wildman–Crippen MR) is 109 cm³/mol. The summed E-state index contributed by atoms with van der Waals surface area (Å²) in [5.74, 6) is -0.169. The normalized spacial score (nSPS) is 15.9. The van der Waals surface area contributed by atoms with Crippen molar-refractivity contribution in [3.8, 4) is 0 Å². The van der Waals surface area contributed by atoms with Crippen LogP contribution in [-0.2, 0) is 11.3 Å². The Labute approximate surface area is 167 Å².